The lowest BCUT2D eigenvalue weighted by molar-refractivity contribution is 0.0244. The molecule has 0 aliphatic heterocycles. The van der Waals surface area contributed by atoms with Crippen molar-refractivity contribution >= 4 is 23.4 Å². The standard InChI is InChI=1S/C25H34N4O2/c1-15-7-9-20(17(3)11-15)27-23(30)26-14-19-13-22(25(19,5)6)29-24(31)28-21-10-8-16(2)12-18(21)4/h7-12,19,22H,13-14H2,1-6H3,(H2,26,27,30)(H2,28,29,31). The molecule has 31 heavy (non-hydrogen) atoms. The Balaban J connectivity index is 1.46. The van der Waals surface area contributed by atoms with E-state index in [9.17, 15) is 9.59 Å². The van der Waals surface area contributed by atoms with Crippen molar-refractivity contribution in [2.75, 3.05) is 17.2 Å². The molecule has 0 saturated heterocycles. The Labute approximate surface area is 185 Å². The maximum Gasteiger partial charge on any atom is 0.319 e. The molecule has 0 spiro atoms. The third-order valence-electron chi connectivity index (χ3n) is 6.55. The summed E-state index contributed by atoms with van der Waals surface area (Å²) in [6.07, 6.45) is 0.830. The number of carbonyl (C=O) groups is 2. The van der Waals surface area contributed by atoms with Crippen LogP contribution in [0.5, 0.6) is 0 Å². The van der Waals surface area contributed by atoms with Gasteiger partial charge in [0.15, 0.2) is 0 Å². The molecular weight excluding hydrogens is 388 g/mol. The third-order valence-corrected chi connectivity index (χ3v) is 6.55. The van der Waals surface area contributed by atoms with Gasteiger partial charge in [0.05, 0.1) is 0 Å². The van der Waals surface area contributed by atoms with E-state index < -0.39 is 0 Å². The summed E-state index contributed by atoms with van der Waals surface area (Å²) in [7, 11) is 0. The third kappa shape index (κ3) is 5.37. The molecule has 4 amide bonds. The van der Waals surface area contributed by atoms with Gasteiger partial charge in [-0.3, -0.25) is 0 Å². The summed E-state index contributed by atoms with van der Waals surface area (Å²) < 4.78 is 0. The van der Waals surface area contributed by atoms with E-state index in [0.29, 0.717) is 12.5 Å². The Morgan fingerprint density at radius 2 is 1.39 bits per heavy atom. The topological polar surface area (TPSA) is 82.3 Å². The lowest BCUT2D eigenvalue weighted by atomic mass is 9.58. The zero-order valence-corrected chi connectivity index (χ0v) is 19.3. The average Bonchev–Trinajstić information content (AvgIpc) is 2.68. The van der Waals surface area contributed by atoms with Crippen LogP contribution in [0, 0.1) is 39.0 Å². The van der Waals surface area contributed by atoms with Crippen LogP contribution in [0.15, 0.2) is 36.4 Å². The van der Waals surface area contributed by atoms with Gasteiger partial charge >= 0.3 is 12.1 Å². The molecule has 0 radical (unpaired) electrons. The number of rotatable bonds is 5. The van der Waals surface area contributed by atoms with E-state index in [1.165, 1.54) is 11.1 Å². The fourth-order valence-corrected chi connectivity index (χ4v) is 4.21. The zero-order chi connectivity index (χ0) is 22.8. The van der Waals surface area contributed by atoms with E-state index in [1.807, 2.05) is 64.1 Å². The molecule has 0 aromatic heterocycles. The number of benzene rings is 2. The van der Waals surface area contributed by atoms with Gasteiger partial charge in [-0.15, -0.1) is 0 Å². The Morgan fingerprint density at radius 3 is 1.87 bits per heavy atom. The van der Waals surface area contributed by atoms with E-state index in [0.717, 1.165) is 28.9 Å². The highest BCUT2D eigenvalue weighted by Gasteiger charge is 2.48. The smallest absolute Gasteiger partial charge is 0.319 e. The van der Waals surface area contributed by atoms with Gasteiger partial charge in [-0.2, -0.15) is 0 Å². The highest BCUT2D eigenvalue weighted by atomic mass is 16.2. The molecule has 1 saturated carbocycles. The van der Waals surface area contributed by atoms with Crippen LogP contribution in [-0.2, 0) is 0 Å². The van der Waals surface area contributed by atoms with Crippen LogP contribution in [0.25, 0.3) is 0 Å². The second-order valence-electron chi connectivity index (χ2n) is 9.38. The summed E-state index contributed by atoms with van der Waals surface area (Å²) in [5.41, 5.74) is 5.95. The van der Waals surface area contributed by atoms with Gasteiger partial charge in [-0.05, 0) is 68.7 Å². The Bertz CT molecular complexity index is 983. The van der Waals surface area contributed by atoms with Gasteiger partial charge < -0.3 is 21.3 Å². The van der Waals surface area contributed by atoms with Gasteiger partial charge in [0, 0.05) is 24.0 Å². The van der Waals surface area contributed by atoms with Crippen molar-refractivity contribution in [3.63, 3.8) is 0 Å². The highest BCUT2D eigenvalue weighted by Crippen LogP contribution is 2.45. The molecule has 1 fully saturated rings. The van der Waals surface area contributed by atoms with Crippen LogP contribution in [0.1, 0.15) is 42.5 Å². The number of hydrogen-bond acceptors (Lipinski definition) is 2. The normalized spacial score (nSPS) is 19.2. The first kappa shape index (κ1) is 22.7. The number of anilines is 2. The largest absolute Gasteiger partial charge is 0.338 e. The minimum Gasteiger partial charge on any atom is -0.338 e. The molecule has 0 heterocycles. The molecule has 0 bridgehead atoms. The predicted molar refractivity (Wildman–Crippen MR) is 127 cm³/mol. The van der Waals surface area contributed by atoms with Crippen molar-refractivity contribution in [1.29, 1.82) is 0 Å². The van der Waals surface area contributed by atoms with Crippen molar-refractivity contribution in [2.45, 2.75) is 54.0 Å². The number of aryl methyl sites for hydroxylation is 4. The van der Waals surface area contributed by atoms with Gasteiger partial charge in [0.2, 0.25) is 0 Å². The summed E-state index contributed by atoms with van der Waals surface area (Å²) in [6.45, 7) is 12.9. The quantitative estimate of drug-likeness (QED) is 0.529. The Kier molecular flexibility index (Phi) is 6.58. The maximum atomic E-state index is 12.5. The van der Waals surface area contributed by atoms with E-state index in [4.69, 9.17) is 0 Å². The molecular formula is C25H34N4O2. The fraction of sp³-hybridized carbons (Fsp3) is 0.440. The van der Waals surface area contributed by atoms with E-state index in [2.05, 4.69) is 35.1 Å². The van der Waals surface area contributed by atoms with Gasteiger partial charge in [0.1, 0.15) is 0 Å². The van der Waals surface area contributed by atoms with E-state index in [-0.39, 0.29) is 23.5 Å². The second-order valence-corrected chi connectivity index (χ2v) is 9.38. The number of amides is 4. The summed E-state index contributed by atoms with van der Waals surface area (Å²) in [6, 6.07) is 11.6. The van der Waals surface area contributed by atoms with Crippen LogP contribution >= 0.6 is 0 Å². The van der Waals surface area contributed by atoms with E-state index in [1.54, 1.807) is 0 Å². The van der Waals surface area contributed by atoms with Crippen molar-refractivity contribution in [2.24, 2.45) is 11.3 Å². The molecule has 6 nitrogen and oxygen atoms in total. The average molecular weight is 423 g/mol. The summed E-state index contributed by atoms with van der Waals surface area (Å²) in [4.78, 5) is 24.8. The lowest BCUT2D eigenvalue weighted by Crippen LogP contribution is -2.61. The minimum absolute atomic E-state index is 0.0625. The minimum atomic E-state index is -0.202. The first-order valence-electron chi connectivity index (χ1n) is 10.8. The molecule has 166 valence electrons. The summed E-state index contributed by atoms with van der Waals surface area (Å²) in [5.74, 6) is 0.295. The molecule has 3 rings (SSSR count). The Hall–Kier alpha value is -3.02. The maximum absolute atomic E-state index is 12.5. The van der Waals surface area contributed by atoms with Crippen LogP contribution < -0.4 is 21.3 Å². The fourth-order valence-electron chi connectivity index (χ4n) is 4.21. The van der Waals surface area contributed by atoms with Crippen LogP contribution in [-0.4, -0.2) is 24.6 Å². The van der Waals surface area contributed by atoms with Crippen LogP contribution in [0.4, 0.5) is 21.0 Å². The first-order chi connectivity index (χ1) is 14.6. The molecule has 2 atom stereocenters. The summed E-state index contributed by atoms with van der Waals surface area (Å²) in [5, 5.41) is 11.9. The molecule has 1 aliphatic rings. The first-order valence-corrected chi connectivity index (χ1v) is 10.8. The molecule has 2 aromatic rings. The molecule has 6 heteroatoms. The Morgan fingerprint density at radius 1 is 0.871 bits per heavy atom. The number of hydrogen-bond donors (Lipinski definition) is 4. The van der Waals surface area contributed by atoms with Crippen LogP contribution in [0.2, 0.25) is 0 Å². The summed E-state index contributed by atoms with van der Waals surface area (Å²) >= 11 is 0. The number of urea groups is 2. The molecule has 2 aromatic carbocycles. The zero-order valence-electron chi connectivity index (χ0n) is 19.3. The monoisotopic (exact) mass is 422 g/mol. The highest BCUT2D eigenvalue weighted by molar-refractivity contribution is 5.91. The van der Waals surface area contributed by atoms with Gasteiger partial charge in [-0.25, -0.2) is 9.59 Å². The van der Waals surface area contributed by atoms with Crippen molar-refractivity contribution in [3.05, 3.63) is 58.7 Å². The van der Waals surface area contributed by atoms with Gasteiger partial charge in [0.25, 0.3) is 0 Å². The number of carbonyl (C=O) groups excluding carboxylic acids is 2. The second kappa shape index (κ2) is 9.00. The predicted octanol–water partition coefficient (Wildman–Crippen LogP) is 5.28. The van der Waals surface area contributed by atoms with Gasteiger partial charge in [-0.1, -0.05) is 49.2 Å². The lowest BCUT2D eigenvalue weighted by Gasteiger charge is -2.52. The van der Waals surface area contributed by atoms with Crippen molar-refractivity contribution in [3.8, 4) is 0 Å². The van der Waals surface area contributed by atoms with E-state index >= 15 is 0 Å². The molecule has 1 aliphatic carbocycles. The molecule has 2 unspecified atom stereocenters. The van der Waals surface area contributed by atoms with Crippen molar-refractivity contribution in [1.82, 2.24) is 10.6 Å². The van der Waals surface area contributed by atoms with Crippen LogP contribution in [0.3, 0.4) is 0 Å². The van der Waals surface area contributed by atoms with Crippen molar-refractivity contribution < 1.29 is 9.59 Å². The number of nitrogens with one attached hydrogen (secondary N) is 4. The molecule has 4 N–H and O–H groups in total. The SMILES string of the molecule is Cc1ccc(NC(=O)NCC2CC(NC(=O)Nc3ccc(C)cc3C)C2(C)C)c(C)c1.